The molecule has 4 aromatic rings. The van der Waals surface area contributed by atoms with Gasteiger partial charge in [-0.2, -0.15) is 0 Å². The summed E-state index contributed by atoms with van der Waals surface area (Å²) in [5.41, 5.74) is 4.70. The summed E-state index contributed by atoms with van der Waals surface area (Å²) in [6.07, 6.45) is 0.654. The van der Waals surface area contributed by atoms with Crippen molar-refractivity contribution in [2.45, 2.75) is 37.2 Å². The van der Waals surface area contributed by atoms with Gasteiger partial charge in [-0.15, -0.1) is 21.5 Å². The van der Waals surface area contributed by atoms with Crippen LogP contribution in [0.2, 0.25) is 0 Å². The Hall–Kier alpha value is -2.44. The summed E-state index contributed by atoms with van der Waals surface area (Å²) in [6.45, 7) is 4.41. The molecule has 6 heteroatoms. The van der Waals surface area contributed by atoms with E-state index in [-0.39, 0.29) is 0 Å². The highest BCUT2D eigenvalue weighted by atomic mass is 32.2. The number of rotatable bonds is 7. The lowest BCUT2D eigenvalue weighted by molar-refractivity contribution is 0.420. The highest BCUT2D eigenvalue weighted by Crippen LogP contribution is 2.28. The molecule has 0 atom stereocenters. The average molecular weight is 408 g/mol. The van der Waals surface area contributed by atoms with Gasteiger partial charge >= 0.3 is 0 Å². The second-order valence-corrected chi connectivity index (χ2v) is 8.62. The lowest BCUT2D eigenvalue weighted by Gasteiger charge is -2.05. The maximum atomic E-state index is 5.75. The molecule has 2 aromatic carbocycles. The second kappa shape index (κ2) is 8.71. The van der Waals surface area contributed by atoms with Crippen LogP contribution in [0.15, 0.2) is 69.6 Å². The number of hydrogen-bond donors (Lipinski definition) is 0. The zero-order valence-corrected chi connectivity index (χ0v) is 17.5. The smallest absolute Gasteiger partial charge is 0.276 e. The summed E-state index contributed by atoms with van der Waals surface area (Å²) in [5, 5.41) is 12.0. The van der Waals surface area contributed by atoms with E-state index in [4.69, 9.17) is 9.40 Å². The number of thioether (sulfide) groups is 1. The number of hydrogen-bond acceptors (Lipinski definition) is 6. The molecule has 0 bridgehead atoms. The normalized spacial score (nSPS) is 11.2. The van der Waals surface area contributed by atoms with E-state index >= 15 is 0 Å². The Morgan fingerprint density at radius 3 is 2.54 bits per heavy atom. The monoisotopic (exact) mass is 407 g/mol. The van der Waals surface area contributed by atoms with Gasteiger partial charge in [-0.25, -0.2) is 4.98 Å². The number of benzene rings is 2. The molecule has 0 aliphatic heterocycles. The van der Waals surface area contributed by atoms with Crippen molar-refractivity contribution in [1.82, 2.24) is 15.2 Å². The average Bonchev–Trinajstić information content (AvgIpc) is 3.37. The van der Waals surface area contributed by atoms with Gasteiger partial charge < -0.3 is 4.42 Å². The summed E-state index contributed by atoms with van der Waals surface area (Å²) < 4.78 is 5.75. The zero-order valence-electron chi connectivity index (χ0n) is 15.8. The Kier molecular flexibility index (Phi) is 5.88. The van der Waals surface area contributed by atoms with Crippen LogP contribution in [0.3, 0.4) is 0 Å². The first-order valence-corrected chi connectivity index (χ1v) is 11.1. The zero-order chi connectivity index (χ0) is 19.3. The van der Waals surface area contributed by atoms with E-state index in [1.54, 1.807) is 11.3 Å². The third-order valence-corrected chi connectivity index (χ3v) is 6.16. The lowest BCUT2D eigenvalue weighted by Crippen LogP contribution is -1.87. The second-order valence-electron chi connectivity index (χ2n) is 6.83. The Balaban J connectivity index is 1.36. The third-order valence-electron chi connectivity index (χ3n) is 4.37. The minimum atomic E-state index is 0.540. The van der Waals surface area contributed by atoms with Crippen LogP contribution in [0.1, 0.15) is 42.5 Å². The van der Waals surface area contributed by atoms with Crippen LogP contribution in [0.5, 0.6) is 0 Å². The highest BCUT2D eigenvalue weighted by Gasteiger charge is 2.10. The first-order valence-electron chi connectivity index (χ1n) is 9.21. The fourth-order valence-corrected chi connectivity index (χ4v) is 4.39. The van der Waals surface area contributed by atoms with Crippen molar-refractivity contribution < 1.29 is 4.42 Å². The number of thiazole rings is 1. The summed E-state index contributed by atoms with van der Waals surface area (Å²) in [6, 6.07) is 18.8. The van der Waals surface area contributed by atoms with E-state index in [0.29, 0.717) is 29.2 Å². The summed E-state index contributed by atoms with van der Waals surface area (Å²) in [4.78, 5) is 4.75. The standard InChI is InChI=1S/C22H21N3OS2/c1-15(2)17-8-10-18(11-9-17)21-23-19(13-27-21)14-28-22-25-24-20(26-22)12-16-6-4-3-5-7-16/h3-11,13,15H,12,14H2,1-2H3. The molecule has 2 aromatic heterocycles. The van der Waals surface area contributed by atoms with E-state index in [1.165, 1.54) is 17.3 Å². The van der Waals surface area contributed by atoms with Crippen LogP contribution in [0.25, 0.3) is 10.6 Å². The molecule has 2 heterocycles. The number of aromatic nitrogens is 3. The Morgan fingerprint density at radius 2 is 1.79 bits per heavy atom. The van der Waals surface area contributed by atoms with Gasteiger partial charge in [-0.05, 0) is 17.0 Å². The van der Waals surface area contributed by atoms with Crippen LogP contribution in [0, 0.1) is 0 Å². The lowest BCUT2D eigenvalue weighted by atomic mass is 10.0. The number of nitrogens with zero attached hydrogens (tertiary/aromatic N) is 3. The molecule has 4 rings (SSSR count). The van der Waals surface area contributed by atoms with Crippen molar-refractivity contribution >= 4 is 23.1 Å². The molecule has 0 saturated heterocycles. The highest BCUT2D eigenvalue weighted by molar-refractivity contribution is 7.98. The summed E-state index contributed by atoms with van der Waals surface area (Å²) >= 11 is 3.19. The minimum absolute atomic E-state index is 0.540. The van der Waals surface area contributed by atoms with E-state index in [0.717, 1.165) is 21.8 Å². The molecule has 0 amide bonds. The van der Waals surface area contributed by atoms with Crippen LogP contribution in [-0.2, 0) is 12.2 Å². The van der Waals surface area contributed by atoms with E-state index < -0.39 is 0 Å². The topological polar surface area (TPSA) is 51.8 Å². The van der Waals surface area contributed by atoms with Gasteiger partial charge in [0.05, 0.1) is 12.1 Å². The molecular formula is C22H21N3OS2. The fourth-order valence-electron chi connectivity index (χ4n) is 2.79. The molecule has 0 aliphatic carbocycles. The van der Waals surface area contributed by atoms with Crippen LogP contribution in [-0.4, -0.2) is 15.2 Å². The van der Waals surface area contributed by atoms with E-state index in [1.807, 2.05) is 18.2 Å². The van der Waals surface area contributed by atoms with Crippen molar-refractivity contribution in [3.63, 3.8) is 0 Å². The molecule has 0 spiro atoms. The van der Waals surface area contributed by atoms with Gasteiger partial charge in [0.25, 0.3) is 5.22 Å². The first-order chi connectivity index (χ1) is 13.7. The van der Waals surface area contributed by atoms with Gasteiger partial charge in [-0.3, -0.25) is 0 Å². The van der Waals surface area contributed by atoms with Crippen molar-refractivity contribution in [2.24, 2.45) is 0 Å². The molecule has 0 unspecified atom stereocenters. The molecule has 0 saturated carbocycles. The molecule has 0 aliphatic rings. The van der Waals surface area contributed by atoms with Crippen molar-refractivity contribution in [3.05, 3.63) is 82.7 Å². The minimum Gasteiger partial charge on any atom is -0.416 e. The Bertz CT molecular complexity index is 1020. The SMILES string of the molecule is CC(C)c1ccc(-c2nc(CSc3nnc(Cc4ccccc4)o3)cs2)cc1. The third kappa shape index (κ3) is 4.69. The quantitative estimate of drug-likeness (QED) is 0.341. The predicted molar refractivity (Wildman–Crippen MR) is 115 cm³/mol. The van der Waals surface area contributed by atoms with E-state index in [9.17, 15) is 0 Å². The molecule has 142 valence electrons. The Morgan fingerprint density at radius 1 is 1.00 bits per heavy atom. The van der Waals surface area contributed by atoms with Gasteiger partial charge in [0.1, 0.15) is 5.01 Å². The molecule has 0 fully saturated rings. The maximum Gasteiger partial charge on any atom is 0.276 e. The van der Waals surface area contributed by atoms with E-state index in [2.05, 4.69) is 65.8 Å². The van der Waals surface area contributed by atoms with Gasteiger partial charge in [0, 0.05) is 16.7 Å². The van der Waals surface area contributed by atoms with Gasteiger partial charge in [0.2, 0.25) is 5.89 Å². The molecular weight excluding hydrogens is 386 g/mol. The molecule has 28 heavy (non-hydrogen) atoms. The van der Waals surface area contributed by atoms with Crippen LogP contribution < -0.4 is 0 Å². The van der Waals surface area contributed by atoms with Gasteiger partial charge in [-0.1, -0.05) is 80.2 Å². The first kappa shape index (κ1) is 18.9. The molecule has 0 radical (unpaired) electrons. The summed E-state index contributed by atoms with van der Waals surface area (Å²) in [5.74, 6) is 1.89. The van der Waals surface area contributed by atoms with Crippen molar-refractivity contribution in [1.29, 1.82) is 0 Å². The largest absolute Gasteiger partial charge is 0.416 e. The summed E-state index contributed by atoms with van der Waals surface area (Å²) in [7, 11) is 0. The molecule has 0 N–H and O–H groups in total. The van der Waals surface area contributed by atoms with Gasteiger partial charge in [0.15, 0.2) is 0 Å². The van der Waals surface area contributed by atoms with Crippen LogP contribution >= 0.6 is 23.1 Å². The Labute approximate surface area is 173 Å². The van der Waals surface area contributed by atoms with Crippen LogP contribution in [0.4, 0.5) is 0 Å². The van der Waals surface area contributed by atoms with Crippen molar-refractivity contribution in [3.8, 4) is 10.6 Å². The van der Waals surface area contributed by atoms with Crippen molar-refractivity contribution in [2.75, 3.05) is 0 Å². The molecule has 4 nitrogen and oxygen atoms in total. The maximum absolute atomic E-state index is 5.75. The fraction of sp³-hybridized carbons (Fsp3) is 0.227. The predicted octanol–water partition coefficient (Wildman–Crippen LogP) is 6.20.